The highest BCUT2D eigenvalue weighted by Crippen LogP contribution is 2.32. The van der Waals surface area contributed by atoms with Crippen molar-refractivity contribution in [1.29, 1.82) is 0 Å². The van der Waals surface area contributed by atoms with Gasteiger partial charge in [-0.1, -0.05) is 13.8 Å². The minimum absolute atomic E-state index is 0.319. The van der Waals surface area contributed by atoms with Crippen molar-refractivity contribution in [1.82, 2.24) is 4.98 Å². The third kappa shape index (κ3) is 2.64. The van der Waals surface area contributed by atoms with Crippen LogP contribution in [0.4, 0.5) is 5.82 Å². The number of nitrogens with one attached hydrogen (secondary N) is 1. The number of pyridine rings is 1. The summed E-state index contributed by atoms with van der Waals surface area (Å²) in [4.78, 5) is 4.47. The fourth-order valence-corrected chi connectivity index (χ4v) is 3.72. The molecule has 0 saturated heterocycles. The molecule has 2 rings (SSSR count). The molecule has 0 amide bonds. The van der Waals surface area contributed by atoms with Gasteiger partial charge in [0.1, 0.15) is 5.82 Å². The number of hydrogen-bond acceptors (Lipinski definition) is 4. The van der Waals surface area contributed by atoms with Gasteiger partial charge in [-0.25, -0.2) is 4.98 Å². The van der Waals surface area contributed by atoms with Crippen molar-refractivity contribution in [2.75, 3.05) is 18.1 Å². The molecule has 2 aromatic heterocycles. The van der Waals surface area contributed by atoms with Gasteiger partial charge in [-0.3, -0.25) is 0 Å². The molecule has 0 bridgehead atoms. The van der Waals surface area contributed by atoms with E-state index >= 15 is 0 Å². The van der Waals surface area contributed by atoms with Crippen molar-refractivity contribution in [2.45, 2.75) is 31.4 Å². The number of fused-ring (bicyclic) bond motifs is 1. The SMILES string of the molecule is CCC(CC)(CNc1nccc2sccc12)SC. The molecule has 0 aromatic carbocycles. The zero-order valence-electron chi connectivity index (χ0n) is 11.2. The van der Waals surface area contributed by atoms with Crippen molar-refractivity contribution in [3.8, 4) is 0 Å². The summed E-state index contributed by atoms with van der Waals surface area (Å²) in [5, 5.41) is 6.91. The summed E-state index contributed by atoms with van der Waals surface area (Å²) < 4.78 is 1.62. The number of aromatic nitrogens is 1. The topological polar surface area (TPSA) is 24.9 Å². The first kappa shape index (κ1) is 13.7. The van der Waals surface area contributed by atoms with E-state index in [-0.39, 0.29) is 0 Å². The minimum atomic E-state index is 0.319. The van der Waals surface area contributed by atoms with Gasteiger partial charge in [0.05, 0.1) is 0 Å². The van der Waals surface area contributed by atoms with Gasteiger partial charge in [-0.15, -0.1) is 11.3 Å². The molecule has 18 heavy (non-hydrogen) atoms. The lowest BCUT2D eigenvalue weighted by Crippen LogP contribution is -2.32. The third-order valence-electron chi connectivity index (χ3n) is 3.68. The highest BCUT2D eigenvalue weighted by molar-refractivity contribution is 8.00. The number of thiophene rings is 1. The van der Waals surface area contributed by atoms with Crippen LogP contribution in [0.5, 0.6) is 0 Å². The van der Waals surface area contributed by atoms with Crippen molar-refractivity contribution in [3.05, 3.63) is 23.7 Å². The van der Waals surface area contributed by atoms with E-state index in [0.29, 0.717) is 4.75 Å². The lowest BCUT2D eigenvalue weighted by atomic mass is 10.0. The van der Waals surface area contributed by atoms with Crippen LogP contribution >= 0.6 is 23.1 Å². The molecule has 0 aliphatic carbocycles. The fourth-order valence-electron chi connectivity index (χ4n) is 2.14. The van der Waals surface area contributed by atoms with E-state index in [1.165, 1.54) is 22.9 Å². The number of nitrogens with zero attached hydrogens (tertiary/aromatic N) is 1. The Kier molecular flexibility index (Phi) is 4.51. The smallest absolute Gasteiger partial charge is 0.134 e. The summed E-state index contributed by atoms with van der Waals surface area (Å²) >= 11 is 3.72. The Morgan fingerprint density at radius 1 is 1.33 bits per heavy atom. The molecule has 0 radical (unpaired) electrons. The second-order valence-electron chi connectivity index (χ2n) is 4.44. The zero-order chi connectivity index (χ0) is 13.0. The molecule has 0 aliphatic heterocycles. The molecule has 0 atom stereocenters. The van der Waals surface area contributed by atoms with Crippen molar-refractivity contribution in [2.24, 2.45) is 0 Å². The minimum Gasteiger partial charge on any atom is -0.368 e. The van der Waals surface area contributed by atoms with Crippen LogP contribution in [0.2, 0.25) is 0 Å². The Balaban J connectivity index is 2.17. The van der Waals surface area contributed by atoms with E-state index in [4.69, 9.17) is 0 Å². The maximum atomic E-state index is 4.47. The number of rotatable bonds is 6. The van der Waals surface area contributed by atoms with Crippen LogP contribution in [0.15, 0.2) is 23.7 Å². The van der Waals surface area contributed by atoms with Crippen molar-refractivity contribution >= 4 is 39.0 Å². The second-order valence-corrected chi connectivity index (χ2v) is 6.66. The van der Waals surface area contributed by atoms with Crippen LogP contribution in [0.3, 0.4) is 0 Å². The van der Waals surface area contributed by atoms with Gasteiger partial charge in [-0.05, 0) is 36.6 Å². The van der Waals surface area contributed by atoms with Crippen LogP contribution in [0, 0.1) is 0 Å². The van der Waals surface area contributed by atoms with E-state index in [1.54, 1.807) is 11.3 Å². The lowest BCUT2D eigenvalue weighted by molar-refractivity contribution is 0.574. The average Bonchev–Trinajstić information content (AvgIpc) is 2.90. The summed E-state index contributed by atoms with van der Waals surface area (Å²) in [5.74, 6) is 1.02. The standard InChI is InChI=1S/C14H20N2S2/c1-4-14(5-2,17-3)10-16-13-11-7-9-18-12(11)6-8-15-13/h6-9H,4-5,10H2,1-3H3,(H,15,16). The molecular formula is C14H20N2S2. The van der Waals surface area contributed by atoms with Gasteiger partial charge in [0.25, 0.3) is 0 Å². The predicted molar refractivity (Wildman–Crippen MR) is 84.9 cm³/mol. The molecule has 2 nitrogen and oxygen atoms in total. The first-order chi connectivity index (χ1) is 8.74. The second kappa shape index (κ2) is 5.93. The highest BCUT2D eigenvalue weighted by Gasteiger charge is 2.24. The largest absolute Gasteiger partial charge is 0.368 e. The van der Waals surface area contributed by atoms with Gasteiger partial charge in [-0.2, -0.15) is 11.8 Å². The molecule has 2 aromatic rings. The van der Waals surface area contributed by atoms with Gasteiger partial charge in [0.2, 0.25) is 0 Å². The van der Waals surface area contributed by atoms with E-state index in [0.717, 1.165) is 12.4 Å². The molecule has 2 heterocycles. The molecule has 0 saturated carbocycles. The van der Waals surface area contributed by atoms with Crippen molar-refractivity contribution in [3.63, 3.8) is 0 Å². The van der Waals surface area contributed by atoms with Gasteiger partial charge < -0.3 is 5.32 Å². The summed E-state index contributed by atoms with van der Waals surface area (Å²) in [6.45, 7) is 5.50. The third-order valence-corrected chi connectivity index (χ3v) is 6.15. The Morgan fingerprint density at radius 3 is 2.78 bits per heavy atom. The van der Waals surface area contributed by atoms with Gasteiger partial charge in [0, 0.05) is 27.6 Å². The molecule has 98 valence electrons. The van der Waals surface area contributed by atoms with Crippen LogP contribution in [-0.2, 0) is 0 Å². The Labute approximate surface area is 117 Å². The van der Waals surface area contributed by atoms with Crippen LogP contribution < -0.4 is 5.32 Å². The maximum absolute atomic E-state index is 4.47. The van der Waals surface area contributed by atoms with E-state index in [9.17, 15) is 0 Å². The van der Waals surface area contributed by atoms with Crippen molar-refractivity contribution < 1.29 is 0 Å². The molecule has 0 fully saturated rings. The first-order valence-electron chi connectivity index (χ1n) is 6.36. The Hall–Kier alpha value is -0.740. The average molecular weight is 280 g/mol. The van der Waals surface area contributed by atoms with Gasteiger partial charge in [0.15, 0.2) is 0 Å². The predicted octanol–water partition coefficient (Wildman–Crippen LogP) is 4.63. The lowest BCUT2D eigenvalue weighted by Gasteiger charge is -2.30. The number of thioether (sulfide) groups is 1. The Bertz CT molecular complexity index is 495. The number of hydrogen-bond donors (Lipinski definition) is 1. The molecule has 0 unspecified atom stereocenters. The van der Waals surface area contributed by atoms with E-state index in [2.05, 4.69) is 47.9 Å². The highest BCUT2D eigenvalue weighted by atomic mass is 32.2. The fraction of sp³-hybridized carbons (Fsp3) is 0.500. The summed E-state index contributed by atoms with van der Waals surface area (Å²) in [7, 11) is 0. The normalized spacial score (nSPS) is 11.9. The van der Waals surface area contributed by atoms with Gasteiger partial charge >= 0.3 is 0 Å². The Morgan fingerprint density at radius 2 is 2.11 bits per heavy atom. The summed E-state index contributed by atoms with van der Waals surface area (Å²) in [6.07, 6.45) is 6.45. The molecule has 4 heteroatoms. The molecule has 1 N–H and O–H groups in total. The van der Waals surface area contributed by atoms with Crippen LogP contribution in [0.1, 0.15) is 26.7 Å². The molecule has 0 aliphatic rings. The van der Waals surface area contributed by atoms with Crippen LogP contribution in [-0.4, -0.2) is 22.5 Å². The summed E-state index contributed by atoms with van der Waals surface area (Å²) in [6, 6.07) is 4.22. The summed E-state index contributed by atoms with van der Waals surface area (Å²) in [5.41, 5.74) is 0. The van der Waals surface area contributed by atoms with E-state index < -0.39 is 0 Å². The number of anilines is 1. The molecule has 0 spiro atoms. The monoisotopic (exact) mass is 280 g/mol. The zero-order valence-corrected chi connectivity index (χ0v) is 12.8. The maximum Gasteiger partial charge on any atom is 0.134 e. The molecular weight excluding hydrogens is 260 g/mol. The quantitative estimate of drug-likeness (QED) is 0.835. The first-order valence-corrected chi connectivity index (χ1v) is 8.46. The van der Waals surface area contributed by atoms with Crippen LogP contribution in [0.25, 0.3) is 10.1 Å². The van der Waals surface area contributed by atoms with E-state index in [1.807, 2.05) is 18.0 Å².